The van der Waals surface area contributed by atoms with Gasteiger partial charge in [0.1, 0.15) is 5.75 Å². The lowest BCUT2D eigenvalue weighted by molar-refractivity contribution is -0.123. The van der Waals surface area contributed by atoms with Gasteiger partial charge >= 0.3 is 5.97 Å². The molecule has 0 aliphatic carbocycles. The molecule has 156 valence electrons. The SMILES string of the molecule is COc1ccc(NC(=O)[C@@H](C)OC(=O)c2ccc(OC)c3ccccc23)cc1OC. The number of carbonyl (C=O) groups excluding carboxylic acids is 2. The van der Waals surface area contributed by atoms with E-state index in [9.17, 15) is 9.59 Å². The highest BCUT2D eigenvalue weighted by atomic mass is 16.5. The van der Waals surface area contributed by atoms with Crippen molar-refractivity contribution < 1.29 is 28.5 Å². The molecule has 0 bridgehead atoms. The minimum absolute atomic E-state index is 0.358. The molecule has 0 unspecified atom stereocenters. The first-order valence-electron chi connectivity index (χ1n) is 9.28. The number of hydrogen-bond acceptors (Lipinski definition) is 6. The van der Waals surface area contributed by atoms with Gasteiger partial charge in [-0.1, -0.05) is 24.3 Å². The van der Waals surface area contributed by atoms with Gasteiger partial charge in [-0.05, 0) is 36.6 Å². The summed E-state index contributed by atoms with van der Waals surface area (Å²) >= 11 is 0. The molecule has 1 N–H and O–H groups in total. The van der Waals surface area contributed by atoms with E-state index >= 15 is 0 Å². The lowest BCUT2D eigenvalue weighted by Crippen LogP contribution is -2.30. The van der Waals surface area contributed by atoms with E-state index in [0.717, 1.165) is 5.39 Å². The average Bonchev–Trinajstić information content (AvgIpc) is 2.77. The quantitative estimate of drug-likeness (QED) is 0.593. The molecule has 7 nitrogen and oxygen atoms in total. The number of hydrogen-bond donors (Lipinski definition) is 1. The number of methoxy groups -OCH3 is 3. The number of fused-ring (bicyclic) bond motifs is 1. The van der Waals surface area contributed by atoms with Gasteiger partial charge in [-0.3, -0.25) is 4.79 Å². The molecule has 0 saturated carbocycles. The van der Waals surface area contributed by atoms with E-state index in [1.807, 2.05) is 24.3 Å². The fourth-order valence-corrected chi connectivity index (χ4v) is 3.06. The smallest absolute Gasteiger partial charge is 0.339 e. The second-order valence-corrected chi connectivity index (χ2v) is 6.47. The molecule has 1 amide bonds. The largest absolute Gasteiger partial charge is 0.496 e. The van der Waals surface area contributed by atoms with Gasteiger partial charge in [0.2, 0.25) is 0 Å². The van der Waals surface area contributed by atoms with Gasteiger partial charge in [-0.2, -0.15) is 0 Å². The van der Waals surface area contributed by atoms with Gasteiger partial charge in [-0.25, -0.2) is 4.79 Å². The third kappa shape index (κ3) is 4.30. The number of amides is 1. The molecule has 0 aliphatic heterocycles. The molecule has 0 aromatic heterocycles. The molecule has 0 radical (unpaired) electrons. The Morgan fingerprint density at radius 2 is 1.43 bits per heavy atom. The van der Waals surface area contributed by atoms with Gasteiger partial charge in [0.05, 0.1) is 26.9 Å². The summed E-state index contributed by atoms with van der Waals surface area (Å²) in [5.74, 6) is 0.615. The van der Waals surface area contributed by atoms with Crippen molar-refractivity contribution in [3.8, 4) is 17.2 Å². The van der Waals surface area contributed by atoms with Crippen LogP contribution in [0.25, 0.3) is 10.8 Å². The van der Waals surface area contributed by atoms with Gasteiger partial charge in [0.15, 0.2) is 17.6 Å². The highest BCUT2D eigenvalue weighted by Gasteiger charge is 2.21. The number of carbonyl (C=O) groups is 2. The summed E-state index contributed by atoms with van der Waals surface area (Å²) in [6.45, 7) is 1.51. The molecule has 0 fully saturated rings. The van der Waals surface area contributed by atoms with Crippen molar-refractivity contribution in [1.82, 2.24) is 0 Å². The third-order valence-electron chi connectivity index (χ3n) is 4.63. The summed E-state index contributed by atoms with van der Waals surface area (Å²) in [5.41, 5.74) is 0.854. The molecule has 30 heavy (non-hydrogen) atoms. The lowest BCUT2D eigenvalue weighted by Gasteiger charge is -2.16. The Morgan fingerprint density at radius 3 is 2.10 bits per heavy atom. The first-order valence-corrected chi connectivity index (χ1v) is 9.28. The number of benzene rings is 3. The van der Waals surface area contributed by atoms with Gasteiger partial charge < -0.3 is 24.3 Å². The summed E-state index contributed by atoms with van der Waals surface area (Å²) in [5, 5.41) is 4.19. The van der Waals surface area contributed by atoms with Crippen LogP contribution in [0.2, 0.25) is 0 Å². The van der Waals surface area contributed by atoms with Crippen LogP contribution in [0.4, 0.5) is 5.69 Å². The number of ether oxygens (including phenoxy) is 4. The Balaban J connectivity index is 1.74. The van der Waals surface area contributed by atoms with Crippen LogP contribution in [0.1, 0.15) is 17.3 Å². The minimum Gasteiger partial charge on any atom is -0.496 e. The Hall–Kier alpha value is -3.74. The Bertz CT molecular complexity index is 1080. The lowest BCUT2D eigenvalue weighted by atomic mass is 10.0. The average molecular weight is 409 g/mol. The molecular weight excluding hydrogens is 386 g/mol. The minimum atomic E-state index is -1.01. The van der Waals surface area contributed by atoms with E-state index in [1.54, 1.807) is 37.4 Å². The Morgan fingerprint density at radius 1 is 0.800 bits per heavy atom. The zero-order valence-corrected chi connectivity index (χ0v) is 17.2. The van der Waals surface area contributed by atoms with Crippen molar-refractivity contribution >= 4 is 28.3 Å². The highest BCUT2D eigenvalue weighted by Crippen LogP contribution is 2.30. The molecule has 1 atom stereocenters. The predicted molar refractivity (Wildman–Crippen MR) is 114 cm³/mol. The molecular formula is C23H23NO6. The number of esters is 1. The third-order valence-corrected chi connectivity index (χ3v) is 4.63. The van der Waals surface area contributed by atoms with Crippen molar-refractivity contribution in [2.24, 2.45) is 0 Å². The van der Waals surface area contributed by atoms with E-state index < -0.39 is 18.0 Å². The fourth-order valence-electron chi connectivity index (χ4n) is 3.06. The summed E-state index contributed by atoms with van der Waals surface area (Å²) in [7, 11) is 4.61. The summed E-state index contributed by atoms with van der Waals surface area (Å²) in [6, 6.07) is 15.7. The van der Waals surface area contributed by atoms with E-state index in [4.69, 9.17) is 18.9 Å². The van der Waals surface area contributed by atoms with Crippen LogP contribution in [0.5, 0.6) is 17.2 Å². The maximum atomic E-state index is 12.7. The molecule has 0 saturated heterocycles. The maximum Gasteiger partial charge on any atom is 0.339 e. The standard InChI is InChI=1S/C23H23NO6/c1-14(22(25)24-15-9-11-20(28-3)21(13-15)29-4)30-23(26)18-10-12-19(27-2)17-8-6-5-7-16(17)18/h5-14H,1-4H3,(H,24,25)/t14-/m1/s1. The van der Waals surface area contributed by atoms with Crippen LogP contribution >= 0.6 is 0 Å². The van der Waals surface area contributed by atoms with E-state index in [1.165, 1.54) is 21.1 Å². The monoisotopic (exact) mass is 409 g/mol. The first-order chi connectivity index (χ1) is 14.5. The topological polar surface area (TPSA) is 83.1 Å². The van der Waals surface area contributed by atoms with Crippen molar-refractivity contribution in [3.63, 3.8) is 0 Å². The predicted octanol–water partition coefficient (Wildman–Crippen LogP) is 4.05. The molecule has 3 rings (SSSR count). The van der Waals surface area contributed by atoms with Crippen molar-refractivity contribution in [1.29, 1.82) is 0 Å². The van der Waals surface area contributed by atoms with Gasteiger partial charge in [0, 0.05) is 17.1 Å². The summed E-state index contributed by atoms with van der Waals surface area (Å²) < 4.78 is 21.2. The van der Waals surface area contributed by atoms with E-state index in [-0.39, 0.29) is 0 Å². The van der Waals surface area contributed by atoms with Crippen LogP contribution < -0.4 is 19.5 Å². The number of nitrogens with one attached hydrogen (secondary N) is 1. The van der Waals surface area contributed by atoms with Crippen molar-refractivity contribution in [2.75, 3.05) is 26.6 Å². The number of anilines is 1. The zero-order valence-electron chi connectivity index (χ0n) is 17.2. The van der Waals surface area contributed by atoms with Crippen LogP contribution in [0.3, 0.4) is 0 Å². The molecule has 7 heteroatoms. The molecule has 3 aromatic carbocycles. The van der Waals surface area contributed by atoms with Gasteiger partial charge in [-0.15, -0.1) is 0 Å². The molecule has 0 heterocycles. The van der Waals surface area contributed by atoms with Crippen molar-refractivity contribution in [2.45, 2.75) is 13.0 Å². The normalized spacial score (nSPS) is 11.5. The Kier molecular flexibility index (Phi) is 6.41. The first kappa shape index (κ1) is 21.0. The summed E-state index contributed by atoms with van der Waals surface area (Å²) in [6.07, 6.45) is -1.01. The van der Waals surface area contributed by atoms with E-state index in [0.29, 0.717) is 33.9 Å². The molecule has 3 aromatic rings. The second kappa shape index (κ2) is 9.17. The maximum absolute atomic E-state index is 12.7. The fraction of sp³-hybridized carbons (Fsp3) is 0.217. The summed E-state index contributed by atoms with van der Waals surface area (Å²) in [4.78, 5) is 25.2. The Labute approximate surface area is 174 Å². The second-order valence-electron chi connectivity index (χ2n) is 6.47. The van der Waals surface area contributed by atoms with Crippen LogP contribution in [0, 0.1) is 0 Å². The van der Waals surface area contributed by atoms with E-state index in [2.05, 4.69) is 5.32 Å². The van der Waals surface area contributed by atoms with Crippen molar-refractivity contribution in [3.05, 3.63) is 60.2 Å². The van der Waals surface area contributed by atoms with Crippen LogP contribution in [-0.4, -0.2) is 39.3 Å². The van der Waals surface area contributed by atoms with Gasteiger partial charge in [0.25, 0.3) is 5.91 Å². The molecule has 0 spiro atoms. The molecule has 0 aliphatic rings. The zero-order chi connectivity index (χ0) is 21.7. The van der Waals surface area contributed by atoms with Crippen LogP contribution in [0.15, 0.2) is 54.6 Å². The number of rotatable bonds is 7. The highest BCUT2D eigenvalue weighted by molar-refractivity contribution is 6.07. The van der Waals surface area contributed by atoms with Crippen LogP contribution in [-0.2, 0) is 9.53 Å².